The molecule has 2 nitrogen and oxygen atoms in total. The van der Waals surface area contributed by atoms with Crippen molar-refractivity contribution >= 4 is 15.9 Å². The molecule has 0 radical (unpaired) electrons. The lowest BCUT2D eigenvalue weighted by Gasteiger charge is -2.08. The molecule has 1 aromatic carbocycles. The number of phenolic OH excluding ortho intramolecular Hbond substituents is 1. The van der Waals surface area contributed by atoms with E-state index in [9.17, 15) is 9.50 Å². The van der Waals surface area contributed by atoms with Crippen LogP contribution in [0.2, 0.25) is 0 Å². The molecule has 0 bridgehead atoms. The molecular formula is C8H8BrFO2. The van der Waals surface area contributed by atoms with Crippen LogP contribution in [-0.4, -0.2) is 10.2 Å². The van der Waals surface area contributed by atoms with Gasteiger partial charge in [-0.15, -0.1) is 0 Å². The maximum atomic E-state index is 12.7. The van der Waals surface area contributed by atoms with Crippen molar-refractivity contribution in [3.05, 3.63) is 28.0 Å². The highest BCUT2D eigenvalue weighted by Crippen LogP contribution is 2.32. The molecule has 1 aromatic rings. The topological polar surface area (TPSA) is 40.5 Å². The average molecular weight is 235 g/mol. The second-order valence-electron chi connectivity index (χ2n) is 2.50. The third-order valence-corrected chi connectivity index (χ3v) is 2.11. The van der Waals surface area contributed by atoms with Gasteiger partial charge in [0.1, 0.15) is 11.6 Å². The zero-order valence-electron chi connectivity index (χ0n) is 6.38. The predicted molar refractivity (Wildman–Crippen MR) is 46.4 cm³/mol. The Hall–Kier alpha value is -0.610. The zero-order valence-corrected chi connectivity index (χ0v) is 7.97. The Kier molecular flexibility index (Phi) is 2.69. The molecule has 4 heteroatoms. The minimum absolute atomic E-state index is 0.119. The van der Waals surface area contributed by atoms with Crippen molar-refractivity contribution < 1.29 is 14.6 Å². The van der Waals surface area contributed by atoms with E-state index < -0.39 is 11.9 Å². The molecule has 0 aliphatic heterocycles. The van der Waals surface area contributed by atoms with Crippen molar-refractivity contribution in [1.82, 2.24) is 0 Å². The molecule has 12 heavy (non-hydrogen) atoms. The van der Waals surface area contributed by atoms with E-state index in [-0.39, 0.29) is 15.8 Å². The number of rotatable bonds is 1. The van der Waals surface area contributed by atoms with Crippen LogP contribution >= 0.6 is 15.9 Å². The van der Waals surface area contributed by atoms with Crippen molar-refractivity contribution in [2.45, 2.75) is 13.0 Å². The predicted octanol–water partition coefficient (Wildman–Crippen LogP) is 2.35. The fraction of sp³-hybridized carbons (Fsp3) is 0.250. The number of hydrogen-bond acceptors (Lipinski definition) is 2. The summed E-state index contributed by atoms with van der Waals surface area (Å²) in [6.07, 6.45) is -0.878. The number of aromatic hydroxyl groups is 1. The molecule has 0 fully saturated rings. The van der Waals surface area contributed by atoms with Crippen LogP contribution in [0.4, 0.5) is 4.39 Å². The molecule has 0 aromatic heterocycles. The maximum absolute atomic E-state index is 12.7. The quantitative estimate of drug-likeness (QED) is 0.784. The number of aliphatic hydroxyl groups excluding tert-OH is 1. The lowest BCUT2D eigenvalue weighted by Crippen LogP contribution is -1.93. The van der Waals surface area contributed by atoms with Gasteiger partial charge in [-0.3, -0.25) is 0 Å². The highest BCUT2D eigenvalue weighted by molar-refractivity contribution is 9.10. The van der Waals surface area contributed by atoms with Gasteiger partial charge in [-0.1, -0.05) is 0 Å². The number of benzene rings is 1. The Morgan fingerprint density at radius 1 is 1.50 bits per heavy atom. The van der Waals surface area contributed by atoms with Gasteiger partial charge in [0.05, 0.1) is 10.6 Å². The lowest BCUT2D eigenvalue weighted by molar-refractivity contribution is 0.194. The summed E-state index contributed by atoms with van der Waals surface area (Å²) >= 11 is 2.96. The Bertz CT molecular complexity index is 299. The van der Waals surface area contributed by atoms with Crippen LogP contribution in [-0.2, 0) is 0 Å². The molecule has 0 heterocycles. The van der Waals surface area contributed by atoms with Gasteiger partial charge in [-0.25, -0.2) is 4.39 Å². The van der Waals surface area contributed by atoms with Crippen LogP contribution in [0.5, 0.6) is 5.75 Å². The normalized spacial score (nSPS) is 13.0. The van der Waals surface area contributed by atoms with Crippen molar-refractivity contribution in [3.63, 3.8) is 0 Å². The number of aliphatic hydroxyl groups is 1. The Morgan fingerprint density at radius 2 is 2.08 bits per heavy atom. The average Bonchev–Trinajstić information content (AvgIpc) is 1.96. The van der Waals surface area contributed by atoms with E-state index in [0.29, 0.717) is 0 Å². The van der Waals surface area contributed by atoms with E-state index >= 15 is 0 Å². The van der Waals surface area contributed by atoms with Crippen molar-refractivity contribution in [2.24, 2.45) is 0 Å². The highest BCUT2D eigenvalue weighted by atomic mass is 79.9. The van der Waals surface area contributed by atoms with Crippen LogP contribution in [0.25, 0.3) is 0 Å². The van der Waals surface area contributed by atoms with E-state index in [2.05, 4.69) is 15.9 Å². The van der Waals surface area contributed by atoms with Gasteiger partial charge in [0, 0.05) is 5.56 Å². The molecule has 2 N–H and O–H groups in total. The van der Waals surface area contributed by atoms with Gasteiger partial charge in [-0.2, -0.15) is 0 Å². The smallest absolute Gasteiger partial charge is 0.135 e. The third-order valence-electron chi connectivity index (χ3n) is 1.51. The fourth-order valence-corrected chi connectivity index (χ4v) is 1.35. The Labute approximate surface area is 77.8 Å². The summed E-state index contributed by atoms with van der Waals surface area (Å²) in [7, 11) is 0. The van der Waals surface area contributed by atoms with E-state index in [1.54, 1.807) is 0 Å². The summed E-state index contributed by atoms with van der Waals surface area (Å²) < 4.78 is 13.0. The van der Waals surface area contributed by atoms with Gasteiger partial charge in [-0.05, 0) is 35.0 Å². The van der Waals surface area contributed by atoms with E-state index in [0.717, 1.165) is 12.1 Å². The summed E-state index contributed by atoms with van der Waals surface area (Å²) in [6.45, 7) is 1.46. The van der Waals surface area contributed by atoms with Gasteiger partial charge in [0.2, 0.25) is 0 Å². The second-order valence-corrected chi connectivity index (χ2v) is 3.36. The molecule has 0 amide bonds. The summed E-state index contributed by atoms with van der Waals surface area (Å²) in [5.41, 5.74) is 0.182. The molecule has 0 spiro atoms. The molecule has 0 saturated carbocycles. The van der Waals surface area contributed by atoms with E-state index in [1.807, 2.05) is 0 Å². The molecule has 1 rings (SSSR count). The van der Waals surface area contributed by atoms with Crippen LogP contribution in [0.3, 0.4) is 0 Å². The summed E-state index contributed by atoms with van der Waals surface area (Å²) in [5, 5.41) is 18.4. The monoisotopic (exact) mass is 234 g/mol. The summed E-state index contributed by atoms with van der Waals surface area (Å²) in [5.74, 6) is -0.609. The van der Waals surface area contributed by atoms with Gasteiger partial charge < -0.3 is 10.2 Å². The minimum Gasteiger partial charge on any atom is -0.506 e. The SMILES string of the molecule is CC(O)c1cc(F)cc(Br)c1O. The van der Waals surface area contributed by atoms with Crippen LogP contribution in [0.15, 0.2) is 16.6 Å². The van der Waals surface area contributed by atoms with Gasteiger partial charge in [0.25, 0.3) is 0 Å². The van der Waals surface area contributed by atoms with Crippen molar-refractivity contribution in [1.29, 1.82) is 0 Å². The van der Waals surface area contributed by atoms with E-state index in [4.69, 9.17) is 5.11 Å². The highest BCUT2D eigenvalue weighted by Gasteiger charge is 2.11. The largest absolute Gasteiger partial charge is 0.506 e. The standard InChI is InChI=1S/C8H8BrFO2/c1-4(11)6-2-5(10)3-7(9)8(6)12/h2-4,11-12H,1H3. The third kappa shape index (κ3) is 1.76. The molecule has 1 unspecified atom stereocenters. The van der Waals surface area contributed by atoms with Crippen molar-refractivity contribution in [3.8, 4) is 5.75 Å². The first-order chi connectivity index (χ1) is 5.52. The molecule has 0 saturated heterocycles. The van der Waals surface area contributed by atoms with Gasteiger partial charge in [0.15, 0.2) is 0 Å². The first-order valence-electron chi connectivity index (χ1n) is 3.38. The Morgan fingerprint density at radius 3 is 2.58 bits per heavy atom. The first kappa shape index (κ1) is 9.48. The minimum atomic E-state index is -0.878. The van der Waals surface area contributed by atoms with Gasteiger partial charge >= 0.3 is 0 Å². The van der Waals surface area contributed by atoms with Crippen LogP contribution in [0.1, 0.15) is 18.6 Å². The first-order valence-corrected chi connectivity index (χ1v) is 4.17. The Balaban J connectivity index is 3.28. The molecule has 0 aliphatic rings. The number of halogens is 2. The zero-order chi connectivity index (χ0) is 9.30. The summed E-state index contributed by atoms with van der Waals surface area (Å²) in [6, 6.07) is 2.24. The number of hydrogen-bond donors (Lipinski definition) is 2. The molecular weight excluding hydrogens is 227 g/mol. The maximum Gasteiger partial charge on any atom is 0.135 e. The van der Waals surface area contributed by atoms with E-state index in [1.165, 1.54) is 6.92 Å². The second kappa shape index (κ2) is 3.41. The van der Waals surface area contributed by atoms with Crippen LogP contribution in [0, 0.1) is 5.82 Å². The fourth-order valence-electron chi connectivity index (χ4n) is 0.904. The summed E-state index contributed by atoms with van der Waals surface area (Å²) in [4.78, 5) is 0. The number of phenols is 1. The molecule has 1 atom stereocenters. The molecule has 0 aliphatic carbocycles. The molecule has 66 valence electrons. The van der Waals surface area contributed by atoms with Crippen LogP contribution < -0.4 is 0 Å². The van der Waals surface area contributed by atoms with Crippen molar-refractivity contribution in [2.75, 3.05) is 0 Å². The lowest BCUT2D eigenvalue weighted by atomic mass is 10.1.